The summed E-state index contributed by atoms with van der Waals surface area (Å²) in [5, 5.41) is 0.965. The number of fused-ring (bicyclic) bond motifs is 3. The predicted octanol–water partition coefficient (Wildman–Crippen LogP) is 3.83. The minimum Gasteiger partial charge on any atom is -0.382 e. The summed E-state index contributed by atoms with van der Waals surface area (Å²) in [5.74, 6) is 1.32. The monoisotopic (exact) mass is 496 g/mol. The van der Waals surface area contributed by atoms with Gasteiger partial charge in [0.05, 0.1) is 16.8 Å². The molecule has 3 heterocycles. The highest BCUT2D eigenvalue weighted by Crippen LogP contribution is 2.32. The van der Waals surface area contributed by atoms with E-state index in [1.54, 1.807) is 20.3 Å². The summed E-state index contributed by atoms with van der Waals surface area (Å²) < 4.78 is 33.2. The molecule has 0 amide bonds. The normalized spacial score (nSPS) is 12.2. The largest absolute Gasteiger partial charge is 0.382 e. The zero-order valence-electron chi connectivity index (χ0n) is 20.4. The van der Waals surface area contributed by atoms with Gasteiger partial charge in [0.25, 0.3) is 0 Å². The van der Waals surface area contributed by atoms with Crippen LogP contribution in [0, 0.1) is 0 Å². The molecule has 0 saturated carbocycles. The van der Waals surface area contributed by atoms with Gasteiger partial charge in [0, 0.05) is 50.6 Å². The minimum absolute atomic E-state index is 0.146. The Bertz CT molecular complexity index is 1420. The van der Waals surface area contributed by atoms with Gasteiger partial charge in [-0.15, -0.1) is 0 Å². The van der Waals surface area contributed by atoms with E-state index in [0.29, 0.717) is 37.5 Å². The van der Waals surface area contributed by atoms with E-state index in [4.69, 9.17) is 15.5 Å². The number of nitrogens with zero attached hydrogens (tertiary/aromatic N) is 5. The van der Waals surface area contributed by atoms with Crippen molar-refractivity contribution in [3.8, 4) is 11.1 Å². The van der Waals surface area contributed by atoms with Crippen molar-refractivity contribution in [3.63, 3.8) is 0 Å². The number of anilines is 1. The molecular formula is C25H32N6O3S. The molecule has 35 heavy (non-hydrogen) atoms. The summed E-state index contributed by atoms with van der Waals surface area (Å²) in [6.07, 6.45) is 5.77. The number of imidazole rings is 1. The summed E-state index contributed by atoms with van der Waals surface area (Å²) in [6.45, 7) is 3.58. The van der Waals surface area contributed by atoms with Gasteiger partial charge in [0.1, 0.15) is 17.9 Å². The number of nitrogen functional groups attached to an aromatic ring is 1. The Kier molecular flexibility index (Phi) is 7.63. The molecule has 0 fully saturated rings. The summed E-state index contributed by atoms with van der Waals surface area (Å²) in [4.78, 5) is 13.6. The summed E-state index contributed by atoms with van der Waals surface area (Å²) >= 11 is 0. The first-order chi connectivity index (χ1) is 16.8. The lowest BCUT2D eigenvalue weighted by atomic mass is 10.0. The average molecular weight is 497 g/mol. The molecule has 0 spiro atoms. The van der Waals surface area contributed by atoms with E-state index in [2.05, 4.69) is 26.7 Å². The fourth-order valence-corrected chi connectivity index (χ4v) is 5.06. The van der Waals surface area contributed by atoms with E-state index in [9.17, 15) is 8.42 Å². The first-order valence-corrected chi connectivity index (χ1v) is 13.4. The summed E-state index contributed by atoms with van der Waals surface area (Å²) in [5.41, 5.74) is 10.8. The molecule has 186 valence electrons. The summed E-state index contributed by atoms with van der Waals surface area (Å²) in [6, 6.07) is 10.1. The first kappa shape index (κ1) is 25.0. The van der Waals surface area contributed by atoms with Gasteiger partial charge in [0.15, 0.2) is 5.82 Å². The second-order valence-electron chi connectivity index (χ2n) is 8.64. The van der Waals surface area contributed by atoms with Crippen molar-refractivity contribution in [1.29, 1.82) is 0 Å². The van der Waals surface area contributed by atoms with Crippen LogP contribution in [0.5, 0.6) is 0 Å². The topological polar surface area (TPSA) is 116 Å². The number of benzene rings is 1. The molecular weight excluding hydrogens is 464 g/mol. The number of aromatic nitrogens is 4. The minimum atomic E-state index is -3.18. The molecule has 1 aromatic carbocycles. The van der Waals surface area contributed by atoms with Crippen LogP contribution in [0.4, 0.5) is 5.82 Å². The van der Waals surface area contributed by atoms with Crippen molar-refractivity contribution in [2.24, 2.45) is 0 Å². The van der Waals surface area contributed by atoms with Gasteiger partial charge in [-0.05, 0) is 37.5 Å². The zero-order chi connectivity index (χ0) is 25.0. The molecule has 4 aromatic rings. The first-order valence-electron chi connectivity index (χ1n) is 11.8. The van der Waals surface area contributed by atoms with Crippen molar-refractivity contribution in [2.75, 3.05) is 32.2 Å². The van der Waals surface area contributed by atoms with Gasteiger partial charge in [-0.25, -0.2) is 22.7 Å². The lowest BCUT2D eigenvalue weighted by molar-refractivity contribution is 0.126. The molecule has 0 aliphatic rings. The third kappa shape index (κ3) is 5.44. The second kappa shape index (κ2) is 10.7. The van der Waals surface area contributed by atoms with Crippen molar-refractivity contribution >= 4 is 37.8 Å². The Balaban J connectivity index is 1.68. The maximum absolute atomic E-state index is 12.1. The van der Waals surface area contributed by atoms with Gasteiger partial charge in [-0.1, -0.05) is 24.6 Å². The SMILES string of the molecule is CCOCc1nc2c(N)nc3cc(-c4cccnc4)ccc3c2n1CCCCCS(=O)(=O)N(C)C. The Hall–Kier alpha value is -3.08. The van der Waals surface area contributed by atoms with E-state index in [-0.39, 0.29) is 5.75 Å². The lowest BCUT2D eigenvalue weighted by Gasteiger charge is -2.13. The highest BCUT2D eigenvalue weighted by Gasteiger charge is 2.18. The molecule has 2 N–H and O–H groups in total. The van der Waals surface area contributed by atoms with Crippen LogP contribution >= 0.6 is 0 Å². The van der Waals surface area contributed by atoms with Crippen LogP contribution in [-0.4, -0.2) is 58.7 Å². The smallest absolute Gasteiger partial charge is 0.213 e. The standard InChI is InChI=1S/C25H32N6O3S/c1-4-34-17-22-29-23-24(31(22)13-6-5-7-14-35(32,33)30(2)3)20-11-10-18(15-21(20)28-25(23)26)19-9-8-12-27-16-19/h8-12,15-16H,4-7,13-14,17H2,1-3H3,(H2,26,28). The van der Waals surface area contributed by atoms with Gasteiger partial charge >= 0.3 is 0 Å². The quantitative estimate of drug-likeness (QED) is 0.314. The molecule has 0 atom stereocenters. The maximum Gasteiger partial charge on any atom is 0.213 e. The van der Waals surface area contributed by atoms with Gasteiger partial charge < -0.3 is 15.0 Å². The van der Waals surface area contributed by atoms with Crippen molar-refractivity contribution in [1.82, 2.24) is 23.8 Å². The van der Waals surface area contributed by atoms with Crippen LogP contribution in [0.1, 0.15) is 32.0 Å². The number of nitrogens with two attached hydrogens (primary N) is 1. The van der Waals surface area contributed by atoms with Crippen LogP contribution in [0.2, 0.25) is 0 Å². The predicted molar refractivity (Wildman–Crippen MR) is 139 cm³/mol. The number of unbranched alkanes of at least 4 members (excludes halogenated alkanes) is 2. The lowest BCUT2D eigenvalue weighted by Crippen LogP contribution is -2.25. The van der Waals surface area contributed by atoms with Crippen molar-refractivity contribution < 1.29 is 13.2 Å². The highest BCUT2D eigenvalue weighted by atomic mass is 32.2. The molecule has 10 heteroatoms. The Morgan fingerprint density at radius 2 is 1.91 bits per heavy atom. The van der Waals surface area contributed by atoms with Crippen molar-refractivity contribution in [3.05, 3.63) is 48.5 Å². The van der Waals surface area contributed by atoms with E-state index in [1.807, 2.05) is 31.3 Å². The van der Waals surface area contributed by atoms with Gasteiger partial charge in [-0.2, -0.15) is 0 Å². The average Bonchev–Trinajstić information content (AvgIpc) is 3.21. The van der Waals surface area contributed by atoms with E-state index < -0.39 is 10.0 Å². The number of sulfonamides is 1. The Morgan fingerprint density at radius 3 is 2.63 bits per heavy atom. The molecule has 3 aromatic heterocycles. The third-order valence-corrected chi connectivity index (χ3v) is 7.97. The number of rotatable bonds is 11. The van der Waals surface area contributed by atoms with Gasteiger partial charge in [0.2, 0.25) is 10.0 Å². The van der Waals surface area contributed by atoms with E-state index in [1.165, 1.54) is 4.31 Å². The Morgan fingerprint density at radius 1 is 1.09 bits per heavy atom. The second-order valence-corrected chi connectivity index (χ2v) is 10.9. The highest BCUT2D eigenvalue weighted by molar-refractivity contribution is 7.89. The van der Waals surface area contributed by atoms with Crippen LogP contribution in [0.15, 0.2) is 42.7 Å². The van der Waals surface area contributed by atoms with Crippen LogP contribution in [-0.2, 0) is 27.9 Å². The molecule has 0 aliphatic carbocycles. The number of pyridine rings is 2. The molecule has 0 saturated heterocycles. The zero-order valence-corrected chi connectivity index (χ0v) is 21.3. The molecule has 4 rings (SSSR count). The molecule has 0 bridgehead atoms. The maximum atomic E-state index is 12.1. The van der Waals surface area contributed by atoms with Crippen molar-refractivity contribution in [2.45, 2.75) is 39.3 Å². The Labute approximate surface area is 206 Å². The van der Waals surface area contributed by atoms with Crippen LogP contribution in [0.25, 0.3) is 33.1 Å². The van der Waals surface area contributed by atoms with E-state index in [0.717, 1.165) is 46.2 Å². The van der Waals surface area contributed by atoms with Crippen LogP contribution < -0.4 is 5.73 Å². The number of hydrogen-bond donors (Lipinski definition) is 1. The number of aryl methyl sites for hydroxylation is 1. The van der Waals surface area contributed by atoms with Crippen LogP contribution in [0.3, 0.4) is 0 Å². The summed E-state index contributed by atoms with van der Waals surface area (Å²) in [7, 11) is -0.0524. The molecule has 0 aliphatic heterocycles. The third-order valence-electron chi connectivity index (χ3n) is 6.05. The fourth-order valence-electron chi connectivity index (χ4n) is 4.13. The van der Waals surface area contributed by atoms with Gasteiger partial charge in [-0.3, -0.25) is 4.98 Å². The molecule has 9 nitrogen and oxygen atoms in total. The number of ether oxygens (including phenoxy) is 1. The molecule has 0 radical (unpaired) electrons. The van der Waals surface area contributed by atoms with E-state index >= 15 is 0 Å². The fraction of sp³-hybridized carbons (Fsp3) is 0.400. The molecule has 0 unspecified atom stereocenters. The number of hydrogen-bond acceptors (Lipinski definition) is 7.